The summed E-state index contributed by atoms with van der Waals surface area (Å²) in [5.41, 5.74) is -0.413. The first-order valence-electron chi connectivity index (χ1n) is 5.43. The van der Waals surface area contributed by atoms with Gasteiger partial charge in [0.05, 0.1) is 6.20 Å². The van der Waals surface area contributed by atoms with Gasteiger partial charge in [-0.05, 0) is 13.3 Å². The third-order valence-electron chi connectivity index (χ3n) is 2.93. The summed E-state index contributed by atoms with van der Waals surface area (Å²) in [5.74, 6) is -3.81. The van der Waals surface area contributed by atoms with Crippen molar-refractivity contribution in [1.29, 1.82) is 0 Å². The molecule has 6 nitrogen and oxygen atoms in total. The van der Waals surface area contributed by atoms with E-state index >= 15 is 0 Å². The molecule has 0 saturated carbocycles. The molecule has 9 heteroatoms. The maximum absolute atomic E-state index is 12.6. The lowest BCUT2D eigenvalue weighted by atomic mass is 10.1. The Bertz CT molecular complexity index is 538. The fraction of sp³-hybridized carbons (Fsp3) is 0.500. The second kappa shape index (κ2) is 4.25. The minimum Gasteiger partial charge on any atom is -0.477 e. The van der Waals surface area contributed by atoms with Crippen molar-refractivity contribution in [3.63, 3.8) is 0 Å². The summed E-state index contributed by atoms with van der Waals surface area (Å²) in [7, 11) is 0. The molecule has 1 unspecified atom stereocenters. The molecular formula is C10H10F3N3O3. The Balaban J connectivity index is 2.54. The van der Waals surface area contributed by atoms with Crippen LogP contribution >= 0.6 is 0 Å². The Hall–Kier alpha value is -2.06. The molecule has 1 aliphatic rings. The van der Waals surface area contributed by atoms with Gasteiger partial charge in [-0.25, -0.2) is 9.48 Å². The van der Waals surface area contributed by atoms with Gasteiger partial charge in [0.25, 0.3) is 0 Å². The molecule has 0 spiro atoms. The van der Waals surface area contributed by atoms with Crippen molar-refractivity contribution in [3.8, 4) is 0 Å². The third kappa shape index (κ3) is 2.15. The number of carboxylic acid groups (broad SMARTS) is 1. The zero-order valence-electron chi connectivity index (χ0n) is 9.81. The number of aryl methyl sites for hydroxylation is 1. The molecule has 2 heterocycles. The van der Waals surface area contributed by atoms with Gasteiger partial charge in [-0.2, -0.15) is 18.3 Å². The van der Waals surface area contributed by atoms with Crippen LogP contribution in [-0.2, 0) is 11.3 Å². The van der Waals surface area contributed by atoms with E-state index in [0.717, 1.165) is 10.9 Å². The number of aromatic carboxylic acids is 1. The molecule has 0 aromatic carbocycles. The minimum absolute atomic E-state index is 0.269. The molecule has 0 aliphatic carbocycles. The van der Waals surface area contributed by atoms with E-state index in [4.69, 9.17) is 5.11 Å². The summed E-state index contributed by atoms with van der Waals surface area (Å²) >= 11 is 0. The smallest absolute Gasteiger partial charge is 0.471 e. The van der Waals surface area contributed by atoms with Gasteiger partial charge in [0, 0.05) is 12.6 Å². The van der Waals surface area contributed by atoms with Crippen molar-refractivity contribution in [1.82, 2.24) is 9.78 Å². The third-order valence-corrected chi connectivity index (χ3v) is 2.93. The highest BCUT2D eigenvalue weighted by atomic mass is 19.4. The van der Waals surface area contributed by atoms with Crippen LogP contribution in [0.5, 0.6) is 0 Å². The lowest BCUT2D eigenvalue weighted by Crippen LogP contribution is -2.50. The number of rotatable bonds is 1. The predicted molar refractivity (Wildman–Crippen MR) is 56.8 cm³/mol. The van der Waals surface area contributed by atoms with E-state index in [1.54, 1.807) is 0 Å². The maximum atomic E-state index is 12.6. The van der Waals surface area contributed by atoms with Gasteiger partial charge >= 0.3 is 18.1 Å². The number of hydrogen-bond donors (Lipinski definition) is 1. The van der Waals surface area contributed by atoms with E-state index in [1.165, 1.54) is 6.92 Å². The van der Waals surface area contributed by atoms with E-state index < -0.39 is 29.7 Å². The van der Waals surface area contributed by atoms with Crippen molar-refractivity contribution in [2.75, 3.05) is 4.90 Å². The molecule has 2 rings (SSSR count). The Labute approximate surface area is 105 Å². The SMILES string of the molecule is CC1CCn2ncc(C(=O)O)c2N1C(=O)C(F)(F)F. The van der Waals surface area contributed by atoms with Crippen molar-refractivity contribution >= 4 is 17.7 Å². The number of nitrogens with zero attached hydrogens (tertiary/aromatic N) is 3. The average molecular weight is 277 g/mol. The molecule has 104 valence electrons. The second-order valence-corrected chi connectivity index (χ2v) is 4.22. The van der Waals surface area contributed by atoms with Gasteiger partial charge in [-0.3, -0.25) is 9.69 Å². The van der Waals surface area contributed by atoms with Crippen LogP contribution in [0.4, 0.5) is 19.0 Å². The van der Waals surface area contributed by atoms with Crippen LogP contribution in [0.1, 0.15) is 23.7 Å². The van der Waals surface area contributed by atoms with Crippen LogP contribution in [0.15, 0.2) is 6.20 Å². The quantitative estimate of drug-likeness (QED) is 0.838. The van der Waals surface area contributed by atoms with Crippen molar-refractivity contribution in [3.05, 3.63) is 11.8 Å². The summed E-state index contributed by atoms with van der Waals surface area (Å²) in [4.78, 5) is 22.9. The highest BCUT2D eigenvalue weighted by Gasteiger charge is 2.47. The number of halogens is 3. The lowest BCUT2D eigenvalue weighted by Gasteiger charge is -2.34. The number of fused-ring (bicyclic) bond motifs is 1. The Kier molecular flexibility index (Phi) is 2.99. The van der Waals surface area contributed by atoms with Crippen molar-refractivity contribution in [2.24, 2.45) is 0 Å². The first-order valence-corrected chi connectivity index (χ1v) is 5.43. The van der Waals surface area contributed by atoms with Crippen LogP contribution in [0.2, 0.25) is 0 Å². The molecule has 0 fully saturated rings. The molecule has 1 aromatic heterocycles. The second-order valence-electron chi connectivity index (χ2n) is 4.22. The normalized spacial score (nSPS) is 19.2. The van der Waals surface area contributed by atoms with Crippen LogP contribution in [-0.4, -0.2) is 39.0 Å². The molecule has 0 saturated heterocycles. The van der Waals surface area contributed by atoms with Gasteiger partial charge < -0.3 is 5.11 Å². The molecule has 0 bridgehead atoms. The summed E-state index contributed by atoms with van der Waals surface area (Å²) < 4.78 is 38.8. The van der Waals surface area contributed by atoms with Crippen LogP contribution in [0.3, 0.4) is 0 Å². The molecule has 0 radical (unpaired) electrons. The van der Waals surface area contributed by atoms with E-state index in [0.29, 0.717) is 4.90 Å². The van der Waals surface area contributed by atoms with E-state index in [9.17, 15) is 22.8 Å². The number of anilines is 1. The zero-order valence-corrected chi connectivity index (χ0v) is 9.81. The number of amides is 1. The van der Waals surface area contributed by atoms with E-state index in [1.807, 2.05) is 0 Å². The highest BCUT2D eigenvalue weighted by molar-refractivity contribution is 6.03. The van der Waals surface area contributed by atoms with Crippen LogP contribution in [0.25, 0.3) is 0 Å². The van der Waals surface area contributed by atoms with Gasteiger partial charge in [0.15, 0.2) is 0 Å². The summed E-state index contributed by atoms with van der Waals surface area (Å²) in [6, 6.07) is -0.739. The molecule has 19 heavy (non-hydrogen) atoms. The topological polar surface area (TPSA) is 75.4 Å². The number of carbonyl (C=O) groups is 2. The number of alkyl halides is 3. The van der Waals surface area contributed by atoms with Crippen LogP contribution < -0.4 is 4.90 Å². The number of aromatic nitrogens is 2. The van der Waals surface area contributed by atoms with Gasteiger partial charge in [-0.1, -0.05) is 0 Å². The van der Waals surface area contributed by atoms with Gasteiger partial charge in [0.2, 0.25) is 0 Å². The average Bonchev–Trinajstić information content (AvgIpc) is 2.70. The number of carboxylic acids is 1. The van der Waals surface area contributed by atoms with E-state index in [2.05, 4.69) is 5.10 Å². The fourth-order valence-electron chi connectivity index (χ4n) is 2.03. The lowest BCUT2D eigenvalue weighted by molar-refractivity contribution is -0.171. The van der Waals surface area contributed by atoms with Crippen molar-refractivity contribution < 1.29 is 27.9 Å². The summed E-state index contributed by atoms with van der Waals surface area (Å²) in [6.07, 6.45) is -3.83. The largest absolute Gasteiger partial charge is 0.477 e. The molecule has 1 N–H and O–H groups in total. The van der Waals surface area contributed by atoms with Gasteiger partial charge in [-0.15, -0.1) is 0 Å². The first kappa shape index (κ1) is 13.4. The zero-order chi connectivity index (χ0) is 14.4. The predicted octanol–water partition coefficient (Wildman–Crippen LogP) is 1.27. The molecule has 1 aliphatic heterocycles. The minimum atomic E-state index is -5.06. The highest BCUT2D eigenvalue weighted by Crippen LogP contribution is 2.32. The fourth-order valence-corrected chi connectivity index (χ4v) is 2.03. The molecular weight excluding hydrogens is 267 g/mol. The first-order chi connectivity index (χ1) is 8.73. The molecule has 1 aromatic rings. The van der Waals surface area contributed by atoms with Gasteiger partial charge in [0.1, 0.15) is 11.4 Å². The Morgan fingerprint density at radius 2 is 2.11 bits per heavy atom. The van der Waals surface area contributed by atoms with Crippen LogP contribution in [0, 0.1) is 0 Å². The Morgan fingerprint density at radius 1 is 1.47 bits per heavy atom. The maximum Gasteiger partial charge on any atom is 0.471 e. The molecule has 1 amide bonds. The standard InChI is InChI=1S/C10H10F3N3O3/c1-5-2-3-15-7(6(4-14-15)8(17)18)16(5)9(19)10(11,12)13/h4-5H,2-3H2,1H3,(H,17,18). The summed E-state index contributed by atoms with van der Waals surface area (Å²) in [6.45, 7) is 1.71. The number of carbonyl (C=O) groups excluding carboxylic acids is 1. The van der Waals surface area contributed by atoms with E-state index in [-0.39, 0.29) is 18.8 Å². The van der Waals surface area contributed by atoms with Crippen molar-refractivity contribution in [2.45, 2.75) is 32.1 Å². The Morgan fingerprint density at radius 3 is 2.63 bits per heavy atom. The monoisotopic (exact) mass is 277 g/mol. The number of hydrogen-bond acceptors (Lipinski definition) is 3. The summed E-state index contributed by atoms with van der Waals surface area (Å²) in [5, 5.41) is 12.6. The molecule has 1 atom stereocenters.